The molecule has 0 nitrogen and oxygen atoms in total. The van der Waals surface area contributed by atoms with Crippen LogP contribution in [-0.2, 0) is 12.8 Å². The van der Waals surface area contributed by atoms with Crippen LogP contribution in [0.15, 0.2) is 54.6 Å². The Balaban J connectivity index is 1.45. The Morgan fingerprint density at radius 1 is 0.852 bits per heavy atom. The zero-order valence-corrected chi connectivity index (χ0v) is 17.1. The van der Waals surface area contributed by atoms with E-state index >= 15 is 0 Å². The van der Waals surface area contributed by atoms with E-state index < -0.39 is 0 Å². The third kappa shape index (κ3) is 4.21. The van der Waals surface area contributed by atoms with Crippen molar-refractivity contribution in [3.05, 3.63) is 71.3 Å². The van der Waals surface area contributed by atoms with E-state index in [2.05, 4.69) is 68.5 Å². The van der Waals surface area contributed by atoms with Crippen LogP contribution in [0.4, 0.5) is 0 Å². The second-order valence-electron chi connectivity index (χ2n) is 8.76. The summed E-state index contributed by atoms with van der Waals surface area (Å²) in [5.74, 6) is 2.47. The molecule has 2 aromatic rings. The fraction of sp³-hybridized carbons (Fsp3) is 0.481. The Morgan fingerprint density at radius 3 is 2.30 bits per heavy atom. The lowest BCUT2D eigenvalue weighted by Gasteiger charge is -2.27. The van der Waals surface area contributed by atoms with Gasteiger partial charge in [0.1, 0.15) is 0 Å². The molecule has 0 heteroatoms. The van der Waals surface area contributed by atoms with Gasteiger partial charge in [0.15, 0.2) is 0 Å². The SMILES string of the molecule is C/C=C/C1CCC(c2ccc(-c3ccc4c(c3)CCC(CC)C4)cc2)CC1. The second kappa shape index (κ2) is 8.46. The van der Waals surface area contributed by atoms with Gasteiger partial charge in [0.05, 0.1) is 0 Å². The summed E-state index contributed by atoms with van der Waals surface area (Å²) >= 11 is 0. The highest BCUT2D eigenvalue weighted by Crippen LogP contribution is 2.37. The average Bonchev–Trinajstić information content (AvgIpc) is 2.74. The van der Waals surface area contributed by atoms with E-state index in [-0.39, 0.29) is 0 Å². The zero-order chi connectivity index (χ0) is 18.6. The predicted molar refractivity (Wildman–Crippen MR) is 117 cm³/mol. The molecule has 2 aliphatic rings. The molecule has 0 heterocycles. The molecule has 1 saturated carbocycles. The molecule has 0 aromatic heterocycles. The summed E-state index contributed by atoms with van der Waals surface area (Å²) in [6, 6.07) is 16.7. The lowest BCUT2D eigenvalue weighted by molar-refractivity contribution is 0.376. The number of aryl methyl sites for hydroxylation is 1. The first-order valence-corrected chi connectivity index (χ1v) is 11.1. The lowest BCUT2D eigenvalue weighted by atomic mass is 9.78. The highest BCUT2D eigenvalue weighted by Gasteiger charge is 2.21. The number of hydrogen-bond acceptors (Lipinski definition) is 0. The van der Waals surface area contributed by atoms with Crippen LogP contribution in [0.5, 0.6) is 0 Å². The van der Waals surface area contributed by atoms with E-state index in [0.29, 0.717) is 0 Å². The number of fused-ring (bicyclic) bond motifs is 1. The van der Waals surface area contributed by atoms with Crippen LogP contribution in [0.2, 0.25) is 0 Å². The minimum atomic E-state index is 0.759. The van der Waals surface area contributed by atoms with Crippen LogP contribution in [0.25, 0.3) is 11.1 Å². The number of benzene rings is 2. The van der Waals surface area contributed by atoms with Crippen LogP contribution >= 0.6 is 0 Å². The van der Waals surface area contributed by atoms with Gasteiger partial charge >= 0.3 is 0 Å². The summed E-state index contributed by atoms with van der Waals surface area (Å²) in [4.78, 5) is 0. The van der Waals surface area contributed by atoms with Gasteiger partial charge in [-0.15, -0.1) is 0 Å². The summed E-state index contributed by atoms with van der Waals surface area (Å²) in [6.45, 7) is 4.48. The smallest absolute Gasteiger partial charge is 0.0162 e. The Kier molecular flexibility index (Phi) is 5.81. The molecular weight excluding hydrogens is 324 g/mol. The minimum Gasteiger partial charge on any atom is -0.0914 e. The molecule has 1 unspecified atom stereocenters. The molecule has 1 atom stereocenters. The van der Waals surface area contributed by atoms with Crippen LogP contribution < -0.4 is 0 Å². The highest BCUT2D eigenvalue weighted by molar-refractivity contribution is 5.65. The van der Waals surface area contributed by atoms with Gasteiger partial charge in [-0.05, 0) is 97.4 Å². The molecule has 0 N–H and O–H groups in total. The van der Waals surface area contributed by atoms with Crippen LogP contribution in [0.1, 0.15) is 75.0 Å². The molecular formula is C27H34. The van der Waals surface area contributed by atoms with E-state index in [9.17, 15) is 0 Å². The Bertz CT molecular complexity index is 772. The fourth-order valence-corrected chi connectivity index (χ4v) is 5.22. The second-order valence-corrected chi connectivity index (χ2v) is 8.76. The first-order chi connectivity index (χ1) is 13.3. The third-order valence-electron chi connectivity index (χ3n) is 7.07. The molecule has 142 valence electrons. The van der Waals surface area contributed by atoms with Crippen molar-refractivity contribution < 1.29 is 0 Å². The standard InChI is InChI=1S/C27H34/c1-3-5-21-7-9-22(10-8-21)23-12-14-24(15-13-23)26-17-16-25-18-20(4-2)6-11-27(25)19-26/h3,5,12-17,19-22H,4,6-11,18H2,1-2H3/b5-3+. The predicted octanol–water partition coefficient (Wildman–Crippen LogP) is 7.72. The lowest BCUT2D eigenvalue weighted by Crippen LogP contribution is -2.13. The van der Waals surface area contributed by atoms with Crippen molar-refractivity contribution in [2.45, 2.75) is 71.1 Å². The van der Waals surface area contributed by atoms with Crippen LogP contribution in [0, 0.1) is 11.8 Å². The van der Waals surface area contributed by atoms with Gasteiger partial charge in [-0.2, -0.15) is 0 Å². The molecule has 2 aromatic carbocycles. The molecule has 2 aliphatic carbocycles. The van der Waals surface area contributed by atoms with Crippen molar-refractivity contribution in [2.24, 2.45) is 11.8 Å². The molecule has 0 radical (unpaired) electrons. The first-order valence-electron chi connectivity index (χ1n) is 11.1. The maximum atomic E-state index is 2.46. The quantitative estimate of drug-likeness (QED) is 0.491. The number of hydrogen-bond donors (Lipinski definition) is 0. The molecule has 27 heavy (non-hydrogen) atoms. The molecule has 0 saturated heterocycles. The highest BCUT2D eigenvalue weighted by atomic mass is 14.3. The van der Waals surface area contributed by atoms with Crippen molar-refractivity contribution in [3.63, 3.8) is 0 Å². The largest absolute Gasteiger partial charge is 0.0914 e. The van der Waals surface area contributed by atoms with Crippen molar-refractivity contribution >= 4 is 0 Å². The molecule has 0 aliphatic heterocycles. The Morgan fingerprint density at radius 2 is 1.59 bits per heavy atom. The van der Waals surface area contributed by atoms with Gasteiger partial charge in [-0.3, -0.25) is 0 Å². The van der Waals surface area contributed by atoms with Gasteiger partial charge in [-0.25, -0.2) is 0 Å². The number of allylic oxidation sites excluding steroid dienone is 2. The van der Waals surface area contributed by atoms with Gasteiger partial charge in [0, 0.05) is 0 Å². The average molecular weight is 359 g/mol. The van der Waals surface area contributed by atoms with Crippen molar-refractivity contribution in [2.75, 3.05) is 0 Å². The third-order valence-corrected chi connectivity index (χ3v) is 7.07. The van der Waals surface area contributed by atoms with Gasteiger partial charge in [0.25, 0.3) is 0 Å². The van der Waals surface area contributed by atoms with Gasteiger partial charge in [-0.1, -0.05) is 68.0 Å². The Labute approximate surface area is 165 Å². The monoisotopic (exact) mass is 358 g/mol. The van der Waals surface area contributed by atoms with Crippen LogP contribution in [0.3, 0.4) is 0 Å². The summed E-state index contributed by atoms with van der Waals surface area (Å²) in [6.07, 6.45) is 15.2. The zero-order valence-electron chi connectivity index (χ0n) is 17.1. The van der Waals surface area contributed by atoms with Gasteiger partial charge < -0.3 is 0 Å². The minimum absolute atomic E-state index is 0.759. The van der Waals surface area contributed by atoms with E-state index in [4.69, 9.17) is 0 Å². The van der Waals surface area contributed by atoms with E-state index in [1.54, 1.807) is 16.7 Å². The first kappa shape index (κ1) is 18.5. The molecule has 0 amide bonds. The van der Waals surface area contributed by atoms with Crippen LogP contribution in [-0.4, -0.2) is 0 Å². The molecule has 0 spiro atoms. The topological polar surface area (TPSA) is 0 Å². The fourth-order valence-electron chi connectivity index (χ4n) is 5.22. The van der Waals surface area contributed by atoms with Crippen molar-refractivity contribution in [3.8, 4) is 11.1 Å². The Hall–Kier alpha value is -1.82. The molecule has 0 bridgehead atoms. The molecule has 1 fully saturated rings. The summed E-state index contributed by atoms with van der Waals surface area (Å²) in [7, 11) is 0. The molecule has 4 rings (SSSR count). The van der Waals surface area contributed by atoms with Crippen molar-refractivity contribution in [1.82, 2.24) is 0 Å². The summed E-state index contributed by atoms with van der Waals surface area (Å²) in [5.41, 5.74) is 7.49. The maximum Gasteiger partial charge on any atom is -0.0162 e. The van der Waals surface area contributed by atoms with E-state index in [0.717, 1.165) is 17.8 Å². The van der Waals surface area contributed by atoms with E-state index in [1.165, 1.54) is 62.5 Å². The van der Waals surface area contributed by atoms with Crippen molar-refractivity contribution in [1.29, 1.82) is 0 Å². The van der Waals surface area contributed by atoms with Gasteiger partial charge in [0.2, 0.25) is 0 Å². The normalized spacial score (nSPS) is 25.5. The summed E-state index contributed by atoms with van der Waals surface area (Å²) < 4.78 is 0. The summed E-state index contributed by atoms with van der Waals surface area (Å²) in [5, 5.41) is 0. The number of rotatable bonds is 4. The maximum absolute atomic E-state index is 2.46. The van der Waals surface area contributed by atoms with E-state index in [1.807, 2.05) is 0 Å².